The van der Waals surface area contributed by atoms with Gasteiger partial charge in [-0.2, -0.15) is 0 Å². The van der Waals surface area contributed by atoms with Gasteiger partial charge in [0.25, 0.3) is 0 Å². The van der Waals surface area contributed by atoms with Crippen molar-refractivity contribution in [3.05, 3.63) is 0 Å². The molecule has 0 aromatic carbocycles. The van der Waals surface area contributed by atoms with Crippen molar-refractivity contribution >= 4 is 0 Å². The van der Waals surface area contributed by atoms with E-state index in [1.54, 1.807) is 0 Å². The third-order valence-electron chi connectivity index (χ3n) is 0. The molecule has 1 unspecified atom stereocenters. The predicted molar refractivity (Wildman–Crippen MR) is 11.7 cm³/mol. The Morgan fingerprint density at radius 3 is 1.80 bits per heavy atom. The second-order valence-corrected chi connectivity index (χ2v) is 1.30. The fourth-order valence-electron chi connectivity index (χ4n) is 0. The second kappa shape index (κ2) is 5.00. The van der Waals surface area contributed by atoms with E-state index >= 15 is 0 Å². The summed E-state index contributed by atoms with van der Waals surface area (Å²) in [5, 5.41) is 7.26. The first kappa shape index (κ1) is 9.37. The summed E-state index contributed by atoms with van der Waals surface area (Å²) < 4.78 is 0. The zero-order chi connectivity index (χ0) is 3.58. The largest absolute Gasteiger partial charge is 0 e. The van der Waals surface area contributed by atoms with Crippen LogP contribution >= 0.6 is 0 Å². The van der Waals surface area contributed by atoms with Crippen molar-refractivity contribution in [3.63, 3.8) is 0 Å². The minimum Gasteiger partial charge on any atom is 0 e. The Hall–Kier alpha value is 0.999. The quantitative estimate of drug-likeness (QED) is 0.504. The molecule has 0 aliphatic rings. The Balaban J connectivity index is 0. The van der Waals surface area contributed by atoms with Crippen LogP contribution in [0.4, 0.5) is 0 Å². The SMILES string of the molecule is C[CH](O)[Cu].[Cu]. The van der Waals surface area contributed by atoms with Gasteiger partial charge in [-0.25, -0.2) is 0 Å². The summed E-state index contributed by atoms with van der Waals surface area (Å²) >= 11 is 4.30. The fraction of sp³-hybridized carbons (Fsp3) is 1.00. The van der Waals surface area contributed by atoms with E-state index < -0.39 is 5.00 Å². The maximum Gasteiger partial charge on any atom is 0 e. The van der Waals surface area contributed by atoms with Crippen molar-refractivity contribution in [1.29, 1.82) is 0 Å². The van der Waals surface area contributed by atoms with E-state index in [1.807, 2.05) is 0 Å². The minimum atomic E-state index is -0.604. The molecule has 0 rings (SSSR count). The monoisotopic (exact) mass is 171 g/mol. The summed E-state index contributed by atoms with van der Waals surface area (Å²) in [6.07, 6.45) is 0. The number of hydrogen-bond acceptors (Lipinski definition) is 1. The van der Waals surface area contributed by atoms with Crippen LogP contribution in [0.3, 0.4) is 0 Å². The van der Waals surface area contributed by atoms with Gasteiger partial charge in [0.1, 0.15) is 0 Å². The molecule has 0 saturated carbocycles. The van der Waals surface area contributed by atoms with Crippen molar-refractivity contribution in [2.75, 3.05) is 0 Å². The molecule has 0 aromatic heterocycles. The van der Waals surface area contributed by atoms with Gasteiger partial charge in [0.2, 0.25) is 0 Å². The summed E-state index contributed by atoms with van der Waals surface area (Å²) in [6, 6.07) is 0. The fourth-order valence-corrected chi connectivity index (χ4v) is 0. The first-order valence-electron chi connectivity index (χ1n) is 1.01. The van der Waals surface area contributed by atoms with Crippen LogP contribution in [-0.2, 0) is 33.1 Å². The first-order chi connectivity index (χ1) is 1.73. The molecule has 1 N–H and O–H groups in total. The topological polar surface area (TPSA) is 20.2 Å². The van der Waals surface area contributed by atoms with E-state index in [-0.39, 0.29) is 17.1 Å². The van der Waals surface area contributed by atoms with Crippen molar-refractivity contribution in [1.82, 2.24) is 0 Å². The standard InChI is InChI=1S/C2H5O.2Cu/c1-2-3;;/h2-3H,1H3;;. The average molecular weight is 172 g/mol. The van der Waals surface area contributed by atoms with Gasteiger partial charge in [0.05, 0.1) is 0 Å². The molecule has 0 aromatic rings. The second-order valence-electron chi connectivity index (χ2n) is 0.510. The van der Waals surface area contributed by atoms with E-state index in [1.165, 1.54) is 6.92 Å². The Bertz CT molecular complexity index is 12.4. The van der Waals surface area contributed by atoms with Crippen LogP contribution < -0.4 is 0 Å². The van der Waals surface area contributed by atoms with Crippen LogP contribution in [0.25, 0.3) is 0 Å². The molecule has 0 spiro atoms. The van der Waals surface area contributed by atoms with E-state index in [0.29, 0.717) is 0 Å². The number of rotatable bonds is 0. The van der Waals surface area contributed by atoms with Crippen molar-refractivity contribution in [2.45, 2.75) is 11.9 Å². The predicted octanol–water partition coefficient (Wildman–Crippen LogP) is -0.131. The Labute approximate surface area is 50.4 Å². The smallest absolute Gasteiger partial charge is 0 e. The molecule has 0 fully saturated rings. The Morgan fingerprint density at radius 2 is 1.80 bits per heavy atom. The van der Waals surface area contributed by atoms with Gasteiger partial charge in [0, 0.05) is 17.1 Å². The van der Waals surface area contributed by atoms with Crippen LogP contribution in [0.2, 0.25) is 0 Å². The molecule has 0 saturated heterocycles. The summed E-state index contributed by atoms with van der Waals surface area (Å²) in [7, 11) is 0. The minimum absolute atomic E-state index is 0. The van der Waals surface area contributed by atoms with Crippen LogP contribution in [0.1, 0.15) is 6.92 Å². The van der Waals surface area contributed by atoms with Gasteiger partial charge >= 0.3 is 33.0 Å². The van der Waals surface area contributed by atoms with E-state index in [9.17, 15) is 0 Å². The van der Waals surface area contributed by atoms with Gasteiger partial charge in [-0.15, -0.1) is 0 Å². The van der Waals surface area contributed by atoms with E-state index in [2.05, 4.69) is 16.0 Å². The van der Waals surface area contributed by atoms with Crippen LogP contribution in [-0.4, -0.2) is 10.1 Å². The molecule has 0 aliphatic carbocycles. The number of aliphatic hydroxyl groups excluding tert-OH is 1. The third-order valence-corrected chi connectivity index (χ3v) is 0. The third kappa shape index (κ3) is 45.1. The molecular formula is C2H5Cu2O. The Kier molecular flexibility index (Phi) is 9.37. The van der Waals surface area contributed by atoms with Gasteiger partial charge in [-0.05, 0) is 0 Å². The van der Waals surface area contributed by atoms with Gasteiger partial charge < -0.3 is 0 Å². The summed E-state index contributed by atoms with van der Waals surface area (Å²) in [5.74, 6) is 0. The summed E-state index contributed by atoms with van der Waals surface area (Å²) in [6.45, 7) is 1.53. The van der Waals surface area contributed by atoms with Crippen molar-refractivity contribution in [2.24, 2.45) is 0 Å². The molecule has 41 valence electrons. The molecule has 0 amide bonds. The average Bonchev–Trinajstić information content (AvgIpc) is 0.811. The van der Waals surface area contributed by atoms with Gasteiger partial charge in [-0.1, -0.05) is 0 Å². The number of hydrogen-bond donors (Lipinski definition) is 1. The normalized spacial score (nSPS) is 12.8. The molecule has 3 heteroatoms. The zero-order valence-corrected chi connectivity index (χ0v) is 4.51. The molecule has 1 atom stereocenters. The van der Waals surface area contributed by atoms with Crippen LogP contribution in [0.5, 0.6) is 0 Å². The maximum absolute atomic E-state index is 7.86. The maximum atomic E-state index is 7.86. The molecule has 1 radical (unpaired) electrons. The summed E-state index contributed by atoms with van der Waals surface area (Å²) in [5.41, 5.74) is 0. The van der Waals surface area contributed by atoms with Crippen molar-refractivity contribution in [3.8, 4) is 0 Å². The number of aliphatic hydroxyl groups is 1. The van der Waals surface area contributed by atoms with Crippen molar-refractivity contribution < 1.29 is 38.2 Å². The summed E-state index contributed by atoms with van der Waals surface area (Å²) in [4.78, 5) is 0. The van der Waals surface area contributed by atoms with E-state index in [4.69, 9.17) is 5.11 Å². The molecule has 5 heavy (non-hydrogen) atoms. The molecule has 0 bridgehead atoms. The first-order valence-corrected chi connectivity index (χ1v) is 1.55. The molecule has 0 heterocycles. The van der Waals surface area contributed by atoms with Gasteiger partial charge in [0.15, 0.2) is 0 Å². The van der Waals surface area contributed by atoms with Crippen LogP contribution in [0, 0.1) is 0 Å². The molecule has 0 aliphatic heterocycles. The van der Waals surface area contributed by atoms with E-state index in [0.717, 1.165) is 0 Å². The molecular weight excluding hydrogens is 167 g/mol. The van der Waals surface area contributed by atoms with Crippen LogP contribution in [0.15, 0.2) is 0 Å². The molecule has 1 nitrogen and oxygen atoms in total. The Morgan fingerprint density at radius 1 is 1.80 bits per heavy atom. The zero-order valence-electron chi connectivity index (χ0n) is 2.63. The van der Waals surface area contributed by atoms with Gasteiger partial charge in [-0.3, -0.25) is 0 Å².